The Hall–Kier alpha value is -2.21. The lowest BCUT2D eigenvalue weighted by atomic mass is 10.1. The molecule has 2 aromatic rings. The predicted molar refractivity (Wildman–Crippen MR) is 82.9 cm³/mol. The van der Waals surface area contributed by atoms with E-state index in [0.717, 1.165) is 5.52 Å². The van der Waals surface area contributed by atoms with Crippen molar-refractivity contribution in [1.29, 1.82) is 0 Å². The number of benzene rings is 1. The molecule has 0 amide bonds. The van der Waals surface area contributed by atoms with Gasteiger partial charge in [-0.15, -0.1) is 0 Å². The summed E-state index contributed by atoms with van der Waals surface area (Å²) in [5, 5.41) is 19.0. The van der Waals surface area contributed by atoms with Crippen molar-refractivity contribution < 1.29 is 24.5 Å². The van der Waals surface area contributed by atoms with Crippen LogP contribution in [-0.4, -0.2) is 40.6 Å². The minimum Gasteiger partial charge on any atom is -0.490 e. The molecule has 6 heteroatoms. The number of hydrogen-bond acceptors (Lipinski definition) is 4. The molecule has 0 spiro atoms. The SMILES string of the molecule is CCOc1cc2c(C(=O)O)cn(CCCO)c2cc1OCC. The van der Waals surface area contributed by atoms with E-state index >= 15 is 0 Å². The number of carbonyl (C=O) groups is 1. The summed E-state index contributed by atoms with van der Waals surface area (Å²) in [5.41, 5.74) is 0.981. The zero-order chi connectivity index (χ0) is 16.1. The second-order valence-electron chi connectivity index (χ2n) is 4.80. The van der Waals surface area contributed by atoms with Gasteiger partial charge in [-0.25, -0.2) is 4.79 Å². The maximum atomic E-state index is 11.4. The summed E-state index contributed by atoms with van der Waals surface area (Å²) in [4.78, 5) is 11.4. The number of aliphatic hydroxyl groups excluding tert-OH is 1. The quantitative estimate of drug-likeness (QED) is 0.783. The van der Waals surface area contributed by atoms with Crippen molar-refractivity contribution in [2.45, 2.75) is 26.8 Å². The van der Waals surface area contributed by atoms with Crippen molar-refractivity contribution >= 4 is 16.9 Å². The minimum absolute atomic E-state index is 0.0530. The number of hydrogen-bond donors (Lipinski definition) is 2. The molecule has 0 saturated heterocycles. The van der Waals surface area contributed by atoms with E-state index in [-0.39, 0.29) is 12.2 Å². The number of aromatic carboxylic acids is 1. The first-order chi connectivity index (χ1) is 10.6. The first-order valence-electron chi connectivity index (χ1n) is 7.39. The summed E-state index contributed by atoms with van der Waals surface area (Å²) in [7, 11) is 0. The first-order valence-corrected chi connectivity index (χ1v) is 7.39. The lowest BCUT2D eigenvalue weighted by Gasteiger charge is -2.12. The van der Waals surface area contributed by atoms with Crippen LogP contribution in [0.25, 0.3) is 10.9 Å². The Labute approximate surface area is 128 Å². The van der Waals surface area contributed by atoms with Gasteiger partial charge in [-0.1, -0.05) is 0 Å². The Bertz CT molecular complexity index is 662. The molecule has 1 aromatic carbocycles. The molecule has 2 rings (SSSR count). The zero-order valence-corrected chi connectivity index (χ0v) is 12.8. The molecular weight excluding hydrogens is 286 g/mol. The van der Waals surface area contributed by atoms with Crippen molar-refractivity contribution in [1.82, 2.24) is 4.57 Å². The van der Waals surface area contributed by atoms with Gasteiger partial charge in [0.05, 0.1) is 24.3 Å². The third-order valence-corrected chi connectivity index (χ3v) is 3.33. The van der Waals surface area contributed by atoms with Gasteiger partial charge in [0.25, 0.3) is 0 Å². The van der Waals surface area contributed by atoms with Crippen LogP contribution in [-0.2, 0) is 6.54 Å². The Balaban J connectivity index is 2.61. The fraction of sp³-hybridized carbons (Fsp3) is 0.438. The molecule has 1 heterocycles. The van der Waals surface area contributed by atoms with E-state index in [1.54, 1.807) is 18.3 Å². The maximum Gasteiger partial charge on any atom is 0.337 e. The van der Waals surface area contributed by atoms with Crippen LogP contribution in [0.4, 0.5) is 0 Å². The van der Waals surface area contributed by atoms with E-state index in [4.69, 9.17) is 14.6 Å². The normalized spacial score (nSPS) is 10.9. The van der Waals surface area contributed by atoms with Gasteiger partial charge in [0.2, 0.25) is 0 Å². The number of nitrogens with zero attached hydrogens (tertiary/aromatic N) is 1. The number of ether oxygens (including phenoxy) is 2. The maximum absolute atomic E-state index is 11.4. The highest BCUT2D eigenvalue weighted by Gasteiger charge is 2.18. The van der Waals surface area contributed by atoms with Gasteiger partial charge in [-0.2, -0.15) is 0 Å². The Morgan fingerprint density at radius 2 is 1.82 bits per heavy atom. The van der Waals surface area contributed by atoms with Crippen molar-refractivity contribution in [3.63, 3.8) is 0 Å². The molecule has 0 fully saturated rings. The smallest absolute Gasteiger partial charge is 0.337 e. The van der Waals surface area contributed by atoms with Gasteiger partial charge in [0.15, 0.2) is 11.5 Å². The molecule has 1 aromatic heterocycles. The van der Waals surface area contributed by atoms with Gasteiger partial charge in [-0.3, -0.25) is 0 Å². The van der Waals surface area contributed by atoms with Crippen LogP contribution in [0.5, 0.6) is 11.5 Å². The number of aryl methyl sites for hydroxylation is 1. The zero-order valence-electron chi connectivity index (χ0n) is 12.8. The highest BCUT2D eigenvalue weighted by atomic mass is 16.5. The van der Waals surface area contributed by atoms with Crippen LogP contribution in [0.2, 0.25) is 0 Å². The number of carboxylic acid groups (broad SMARTS) is 1. The van der Waals surface area contributed by atoms with Crippen molar-refractivity contribution in [2.75, 3.05) is 19.8 Å². The summed E-state index contributed by atoms with van der Waals surface area (Å²) in [6.45, 7) is 5.31. The average Bonchev–Trinajstić information content (AvgIpc) is 2.84. The van der Waals surface area contributed by atoms with Gasteiger partial charge in [0.1, 0.15) is 0 Å². The standard InChI is InChI=1S/C16H21NO5/c1-3-21-14-8-11-12(16(19)20)10-17(6-5-7-18)13(11)9-15(14)22-4-2/h8-10,18H,3-7H2,1-2H3,(H,19,20). The van der Waals surface area contributed by atoms with Crippen molar-refractivity contribution in [2.24, 2.45) is 0 Å². The summed E-state index contributed by atoms with van der Waals surface area (Å²) >= 11 is 0. The number of aliphatic hydroxyl groups is 1. The topological polar surface area (TPSA) is 80.9 Å². The summed E-state index contributed by atoms with van der Waals surface area (Å²) in [6, 6.07) is 3.51. The molecule has 0 saturated carbocycles. The van der Waals surface area contributed by atoms with Gasteiger partial charge >= 0.3 is 5.97 Å². The Morgan fingerprint density at radius 1 is 1.18 bits per heavy atom. The molecule has 0 bridgehead atoms. The third-order valence-electron chi connectivity index (χ3n) is 3.33. The number of carboxylic acids is 1. The molecule has 22 heavy (non-hydrogen) atoms. The van der Waals surface area contributed by atoms with E-state index in [1.165, 1.54) is 0 Å². The molecule has 0 atom stereocenters. The average molecular weight is 307 g/mol. The first kappa shape index (κ1) is 16.2. The van der Waals surface area contributed by atoms with Crippen molar-refractivity contribution in [3.05, 3.63) is 23.9 Å². The molecule has 0 aliphatic rings. The highest BCUT2D eigenvalue weighted by molar-refractivity contribution is 6.04. The Morgan fingerprint density at radius 3 is 2.36 bits per heavy atom. The summed E-state index contributed by atoms with van der Waals surface area (Å²) in [5.74, 6) is 0.149. The van der Waals surface area contributed by atoms with Crippen LogP contribution < -0.4 is 9.47 Å². The van der Waals surface area contributed by atoms with Crippen LogP contribution in [0.1, 0.15) is 30.6 Å². The van der Waals surface area contributed by atoms with Gasteiger partial charge in [0, 0.05) is 30.8 Å². The van der Waals surface area contributed by atoms with E-state index in [9.17, 15) is 9.90 Å². The van der Waals surface area contributed by atoms with Gasteiger partial charge in [-0.05, 0) is 26.3 Å². The van der Waals surface area contributed by atoms with Crippen LogP contribution in [0, 0.1) is 0 Å². The number of aromatic nitrogens is 1. The van der Waals surface area contributed by atoms with Crippen LogP contribution in [0.3, 0.4) is 0 Å². The molecule has 0 aliphatic carbocycles. The summed E-state index contributed by atoms with van der Waals surface area (Å²) in [6.07, 6.45) is 2.15. The van der Waals surface area contributed by atoms with Crippen LogP contribution >= 0.6 is 0 Å². The van der Waals surface area contributed by atoms with E-state index in [1.807, 2.05) is 18.4 Å². The number of rotatable bonds is 8. The van der Waals surface area contributed by atoms with E-state index < -0.39 is 5.97 Å². The molecule has 0 aliphatic heterocycles. The lowest BCUT2D eigenvalue weighted by Crippen LogP contribution is -2.01. The largest absolute Gasteiger partial charge is 0.490 e. The van der Waals surface area contributed by atoms with Crippen molar-refractivity contribution in [3.8, 4) is 11.5 Å². The lowest BCUT2D eigenvalue weighted by molar-refractivity contribution is 0.0699. The fourth-order valence-corrected chi connectivity index (χ4v) is 2.43. The molecule has 120 valence electrons. The van der Waals surface area contributed by atoms with E-state index in [0.29, 0.717) is 43.1 Å². The second-order valence-corrected chi connectivity index (χ2v) is 4.80. The highest BCUT2D eigenvalue weighted by Crippen LogP contribution is 2.35. The summed E-state index contributed by atoms with van der Waals surface area (Å²) < 4.78 is 13.0. The third kappa shape index (κ3) is 3.17. The Kier molecular flexibility index (Phi) is 5.27. The van der Waals surface area contributed by atoms with E-state index in [2.05, 4.69) is 0 Å². The fourth-order valence-electron chi connectivity index (χ4n) is 2.43. The molecule has 0 unspecified atom stereocenters. The molecule has 6 nitrogen and oxygen atoms in total. The molecule has 0 radical (unpaired) electrons. The van der Waals surface area contributed by atoms with Crippen LogP contribution in [0.15, 0.2) is 18.3 Å². The predicted octanol–water partition coefficient (Wildman–Crippen LogP) is 2.52. The van der Waals surface area contributed by atoms with Gasteiger partial charge < -0.3 is 24.3 Å². The molecule has 2 N–H and O–H groups in total. The monoisotopic (exact) mass is 307 g/mol. The minimum atomic E-state index is -0.987. The molecular formula is C16H21NO5. The second kappa shape index (κ2) is 7.17. The number of fused-ring (bicyclic) bond motifs is 1.